The summed E-state index contributed by atoms with van der Waals surface area (Å²) in [6.45, 7) is 0.742. The van der Waals surface area contributed by atoms with Crippen molar-refractivity contribution in [2.45, 2.75) is 6.54 Å². The molecule has 0 atom stereocenters. The molecule has 14 heavy (non-hydrogen) atoms. The molecule has 1 N–H and O–H groups in total. The second-order valence-corrected chi connectivity index (χ2v) is 3.80. The molecule has 0 aliphatic heterocycles. The van der Waals surface area contributed by atoms with E-state index in [1.165, 1.54) is 17.1 Å². The van der Waals surface area contributed by atoms with Crippen LogP contribution in [-0.4, -0.2) is 9.36 Å². The van der Waals surface area contributed by atoms with Crippen molar-refractivity contribution in [2.24, 2.45) is 0 Å². The summed E-state index contributed by atoms with van der Waals surface area (Å²) < 4.78 is 3.86. The molecule has 0 amide bonds. The first-order valence-electron chi connectivity index (χ1n) is 4.11. The largest absolute Gasteiger partial charge is 0.356 e. The van der Waals surface area contributed by atoms with E-state index in [1.54, 1.807) is 0 Å². The van der Waals surface area contributed by atoms with Crippen LogP contribution in [0.1, 0.15) is 5.56 Å². The highest BCUT2D eigenvalue weighted by molar-refractivity contribution is 7.09. The molecule has 1 aromatic carbocycles. The summed E-state index contributed by atoms with van der Waals surface area (Å²) in [6, 6.07) is 10.1. The highest BCUT2D eigenvalue weighted by atomic mass is 35.5. The minimum Gasteiger partial charge on any atom is -0.356 e. The third-order valence-corrected chi connectivity index (χ3v) is 2.63. The van der Waals surface area contributed by atoms with Crippen molar-refractivity contribution in [3.63, 3.8) is 0 Å². The lowest BCUT2D eigenvalue weighted by Gasteiger charge is -2.00. The predicted octanol–water partition coefficient (Wildman–Crippen LogP) is 2.80. The summed E-state index contributed by atoms with van der Waals surface area (Å²) in [6.07, 6.45) is 0. The highest BCUT2D eigenvalue weighted by Gasteiger charge is 1.99. The second kappa shape index (κ2) is 4.39. The number of nitrogens with zero attached hydrogens (tertiary/aromatic N) is 2. The summed E-state index contributed by atoms with van der Waals surface area (Å²) in [5.41, 5.74) is 1.21. The molecule has 0 spiro atoms. The van der Waals surface area contributed by atoms with Crippen LogP contribution in [0.2, 0.25) is 5.28 Å². The minimum atomic E-state index is 0.297. The Morgan fingerprint density at radius 3 is 2.71 bits per heavy atom. The van der Waals surface area contributed by atoms with Gasteiger partial charge in [-0.3, -0.25) is 0 Å². The van der Waals surface area contributed by atoms with Gasteiger partial charge in [0.15, 0.2) is 0 Å². The molecule has 1 aromatic heterocycles. The van der Waals surface area contributed by atoms with Crippen molar-refractivity contribution in [2.75, 3.05) is 5.32 Å². The third kappa shape index (κ3) is 2.43. The topological polar surface area (TPSA) is 37.8 Å². The molecule has 0 bridgehead atoms. The quantitative estimate of drug-likeness (QED) is 0.873. The van der Waals surface area contributed by atoms with Crippen LogP contribution >= 0.6 is 23.1 Å². The maximum absolute atomic E-state index is 5.59. The second-order valence-electron chi connectivity index (χ2n) is 2.71. The average molecular weight is 226 g/mol. The Labute approximate surface area is 90.9 Å². The van der Waals surface area contributed by atoms with Gasteiger partial charge in [0.1, 0.15) is 0 Å². The van der Waals surface area contributed by atoms with Gasteiger partial charge in [-0.1, -0.05) is 30.3 Å². The van der Waals surface area contributed by atoms with Gasteiger partial charge in [0.2, 0.25) is 10.4 Å². The standard InChI is InChI=1S/C9H8ClN3S/c10-8-12-9(14-13-8)11-6-7-4-2-1-3-5-7/h1-5H,6H2,(H,11,12,13). The molecule has 2 rings (SSSR count). The molecule has 0 aliphatic rings. The number of nitrogens with one attached hydrogen (secondary N) is 1. The van der Waals surface area contributed by atoms with Gasteiger partial charge in [-0.25, -0.2) is 0 Å². The fraction of sp³-hybridized carbons (Fsp3) is 0.111. The molecular weight excluding hydrogens is 218 g/mol. The monoisotopic (exact) mass is 225 g/mol. The molecule has 2 aromatic rings. The van der Waals surface area contributed by atoms with Crippen molar-refractivity contribution in [1.82, 2.24) is 9.36 Å². The van der Waals surface area contributed by atoms with Gasteiger partial charge in [-0.2, -0.15) is 9.36 Å². The van der Waals surface area contributed by atoms with Crippen molar-refractivity contribution < 1.29 is 0 Å². The van der Waals surface area contributed by atoms with E-state index in [0.717, 1.165) is 11.7 Å². The molecule has 0 saturated carbocycles. The summed E-state index contributed by atoms with van der Waals surface area (Å²) >= 11 is 6.85. The van der Waals surface area contributed by atoms with Crippen LogP contribution in [0.25, 0.3) is 0 Å². The Kier molecular flexibility index (Phi) is 2.96. The SMILES string of the molecule is Clc1nsc(NCc2ccccc2)n1. The zero-order valence-electron chi connectivity index (χ0n) is 7.27. The first kappa shape index (κ1) is 9.43. The number of halogens is 1. The minimum absolute atomic E-state index is 0.297. The number of hydrogen-bond acceptors (Lipinski definition) is 4. The first-order chi connectivity index (χ1) is 6.84. The van der Waals surface area contributed by atoms with Crippen molar-refractivity contribution in [3.05, 3.63) is 41.2 Å². The van der Waals surface area contributed by atoms with Gasteiger partial charge in [-0.15, -0.1) is 0 Å². The Morgan fingerprint density at radius 2 is 2.07 bits per heavy atom. The van der Waals surface area contributed by atoms with E-state index in [1.807, 2.05) is 18.2 Å². The van der Waals surface area contributed by atoms with E-state index in [2.05, 4.69) is 26.8 Å². The summed E-state index contributed by atoms with van der Waals surface area (Å²) in [5, 5.41) is 4.19. The predicted molar refractivity (Wildman–Crippen MR) is 58.7 cm³/mol. The molecule has 0 fully saturated rings. The van der Waals surface area contributed by atoms with Crippen LogP contribution in [0.3, 0.4) is 0 Å². The molecular formula is C9H8ClN3S. The van der Waals surface area contributed by atoms with Crippen LogP contribution in [0.5, 0.6) is 0 Å². The van der Waals surface area contributed by atoms with Gasteiger partial charge in [0.25, 0.3) is 0 Å². The number of anilines is 1. The van der Waals surface area contributed by atoms with E-state index in [-0.39, 0.29) is 0 Å². The van der Waals surface area contributed by atoms with Crippen LogP contribution in [0.15, 0.2) is 30.3 Å². The van der Waals surface area contributed by atoms with E-state index < -0.39 is 0 Å². The van der Waals surface area contributed by atoms with E-state index in [9.17, 15) is 0 Å². The Balaban J connectivity index is 1.95. The number of hydrogen-bond donors (Lipinski definition) is 1. The van der Waals surface area contributed by atoms with Gasteiger partial charge >= 0.3 is 0 Å². The Bertz CT molecular complexity index is 401. The van der Waals surface area contributed by atoms with E-state index in [0.29, 0.717) is 5.28 Å². The Morgan fingerprint density at radius 1 is 1.29 bits per heavy atom. The molecule has 0 aliphatic carbocycles. The molecule has 0 radical (unpaired) electrons. The normalized spacial score (nSPS) is 10.1. The molecule has 5 heteroatoms. The van der Waals surface area contributed by atoms with Crippen LogP contribution in [0.4, 0.5) is 5.13 Å². The van der Waals surface area contributed by atoms with E-state index >= 15 is 0 Å². The lowest BCUT2D eigenvalue weighted by Crippen LogP contribution is -1.97. The zero-order chi connectivity index (χ0) is 9.80. The van der Waals surface area contributed by atoms with Crippen LogP contribution in [-0.2, 0) is 6.54 Å². The van der Waals surface area contributed by atoms with Gasteiger partial charge in [0.05, 0.1) is 0 Å². The maximum Gasteiger partial charge on any atom is 0.236 e. The summed E-state index contributed by atoms with van der Waals surface area (Å²) in [4.78, 5) is 3.99. The zero-order valence-corrected chi connectivity index (χ0v) is 8.85. The van der Waals surface area contributed by atoms with Crippen molar-refractivity contribution >= 4 is 28.3 Å². The molecule has 72 valence electrons. The fourth-order valence-corrected chi connectivity index (χ4v) is 1.76. The van der Waals surface area contributed by atoms with Crippen LogP contribution in [0, 0.1) is 0 Å². The van der Waals surface area contributed by atoms with Crippen LogP contribution < -0.4 is 5.32 Å². The van der Waals surface area contributed by atoms with Gasteiger partial charge in [-0.05, 0) is 17.2 Å². The number of rotatable bonds is 3. The Hall–Kier alpha value is -1.13. The average Bonchev–Trinajstić information content (AvgIpc) is 2.63. The fourth-order valence-electron chi connectivity index (χ4n) is 1.05. The van der Waals surface area contributed by atoms with Gasteiger partial charge in [0, 0.05) is 18.1 Å². The maximum atomic E-state index is 5.59. The highest BCUT2D eigenvalue weighted by Crippen LogP contribution is 2.15. The first-order valence-corrected chi connectivity index (χ1v) is 5.27. The van der Waals surface area contributed by atoms with E-state index in [4.69, 9.17) is 11.6 Å². The molecule has 3 nitrogen and oxygen atoms in total. The number of aromatic nitrogens is 2. The lowest BCUT2D eigenvalue weighted by atomic mass is 10.2. The number of benzene rings is 1. The van der Waals surface area contributed by atoms with Crippen molar-refractivity contribution in [1.29, 1.82) is 0 Å². The lowest BCUT2D eigenvalue weighted by molar-refractivity contribution is 1.13. The molecule has 0 saturated heterocycles. The molecule has 1 heterocycles. The summed E-state index contributed by atoms with van der Waals surface area (Å²) in [7, 11) is 0. The van der Waals surface area contributed by atoms with Crippen molar-refractivity contribution in [3.8, 4) is 0 Å². The van der Waals surface area contributed by atoms with Gasteiger partial charge < -0.3 is 5.32 Å². The smallest absolute Gasteiger partial charge is 0.236 e. The summed E-state index contributed by atoms with van der Waals surface area (Å²) in [5.74, 6) is 0. The molecule has 0 unspecified atom stereocenters. The third-order valence-electron chi connectivity index (χ3n) is 1.69.